The van der Waals surface area contributed by atoms with Crippen LogP contribution in [-0.4, -0.2) is 36.1 Å². The van der Waals surface area contributed by atoms with Gasteiger partial charge in [-0.3, -0.25) is 4.90 Å². The number of nitrogens with zero attached hydrogens (tertiary/aromatic N) is 3. The standard InChI is InChI=1S/C17H16Cl2F3N3/c18-14-4-2-1-3-12(14)11-24-5-7-25(8-6-24)16-15(19)9-13(10-23-16)17(20,21)22/h1-4,9-10H,5-8,11H2. The summed E-state index contributed by atoms with van der Waals surface area (Å²) < 4.78 is 38.1. The number of pyridine rings is 1. The van der Waals surface area contributed by atoms with E-state index in [4.69, 9.17) is 23.2 Å². The first-order valence-corrected chi connectivity index (χ1v) is 8.53. The van der Waals surface area contributed by atoms with Crippen LogP contribution in [0.3, 0.4) is 0 Å². The van der Waals surface area contributed by atoms with Gasteiger partial charge in [-0.1, -0.05) is 41.4 Å². The molecule has 0 spiro atoms. The van der Waals surface area contributed by atoms with Gasteiger partial charge in [-0.2, -0.15) is 13.2 Å². The molecule has 1 fully saturated rings. The minimum atomic E-state index is -4.44. The van der Waals surface area contributed by atoms with Gasteiger partial charge in [0.2, 0.25) is 0 Å². The molecule has 1 aliphatic heterocycles. The number of rotatable bonds is 3. The van der Waals surface area contributed by atoms with Crippen molar-refractivity contribution in [1.29, 1.82) is 0 Å². The van der Waals surface area contributed by atoms with Crippen molar-refractivity contribution in [2.75, 3.05) is 31.1 Å². The van der Waals surface area contributed by atoms with Gasteiger partial charge in [0.05, 0.1) is 10.6 Å². The van der Waals surface area contributed by atoms with Gasteiger partial charge in [0.1, 0.15) is 5.82 Å². The highest BCUT2D eigenvalue weighted by Crippen LogP contribution is 2.33. The second-order valence-corrected chi connectivity index (χ2v) is 6.70. The van der Waals surface area contributed by atoms with Crippen molar-refractivity contribution >= 4 is 29.0 Å². The molecule has 0 unspecified atom stereocenters. The van der Waals surface area contributed by atoms with Crippen molar-refractivity contribution in [3.8, 4) is 0 Å². The maximum Gasteiger partial charge on any atom is 0.417 e. The SMILES string of the molecule is FC(F)(F)c1cnc(N2CCN(Cc3ccccc3Cl)CC2)c(Cl)c1. The molecular formula is C17H16Cl2F3N3. The van der Waals surface area contributed by atoms with Crippen LogP contribution in [0.4, 0.5) is 19.0 Å². The summed E-state index contributed by atoms with van der Waals surface area (Å²) in [5.74, 6) is 0.395. The smallest absolute Gasteiger partial charge is 0.353 e. The van der Waals surface area contributed by atoms with Gasteiger partial charge < -0.3 is 4.90 Å². The number of benzene rings is 1. The lowest BCUT2D eigenvalue weighted by molar-refractivity contribution is -0.137. The van der Waals surface area contributed by atoms with Crippen LogP contribution in [0, 0.1) is 0 Å². The van der Waals surface area contributed by atoms with E-state index in [0.717, 1.165) is 42.5 Å². The molecule has 0 amide bonds. The Hall–Kier alpha value is -1.50. The first-order valence-electron chi connectivity index (χ1n) is 7.78. The summed E-state index contributed by atoms with van der Waals surface area (Å²) in [5, 5.41) is 0.756. The van der Waals surface area contributed by atoms with Crippen molar-refractivity contribution < 1.29 is 13.2 Å². The van der Waals surface area contributed by atoms with E-state index in [0.29, 0.717) is 18.9 Å². The van der Waals surface area contributed by atoms with Crippen LogP contribution in [0.2, 0.25) is 10.0 Å². The van der Waals surface area contributed by atoms with Crippen molar-refractivity contribution in [3.05, 3.63) is 57.7 Å². The quantitative estimate of drug-likeness (QED) is 0.756. The van der Waals surface area contributed by atoms with Crippen molar-refractivity contribution in [3.63, 3.8) is 0 Å². The summed E-state index contributed by atoms with van der Waals surface area (Å²) in [6.45, 7) is 3.53. The number of alkyl halides is 3. The fraction of sp³-hybridized carbons (Fsp3) is 0.353. The van der Waals surface area contributed by atoms with Gasteiger partial charge in [0.15, 0.2) is 0 Å². The molecule has 3 nitrogen and oxygen atoms in total. The van der Waals surface area contributed by atoms with Crippen LogP contribution in [0.1, 0.15) is 11.1 Å². The Morgan fingerprint density at radius 2 is 1.68 bits per heavy atom. The van der Waals surface area contributed by atoms with Crippen LogP contribution >= 0.6 is 23.2 Å². The van der Waals surface area contributed by atoms with Crippen molar-refractivity contribution in [2.45, 2.75) is 12.7 Å². The van der Waals surface area contributed by atoms with E-state index >= 15 is 0 Å². The molecule has 0 aliphatic carbocycles. The zero-order chi connectivity index (χ0) is 18.0. The van der Waals surface area contributed by atoms with Crippen molar-refractivity contribution in [2.24, 2.45) is 0 Å². The summed E-state index contributed by atoms with van der Waals surface area (Å²) >= 11 is 12.2. The molecule has 2 heterocycles. The summed E-state index contributed by atoms with van der Waals surface area (Å²) in [5.41, 5.74) is 0.224. The molecule has 2 aromatic rings. The predicted octanol–water partition coefficient (Wildman–Crippen LogP) is 4.73. The van der Waals surface area contributed by atoms with E-state index < -0.39 is 11.7 Å². The summed E-state index contributed by atoms with van der Waals surface area (Å²) in [7, 11) is 0. The Bertz CT molecular complexity index is 744. The van der Waals surface area contributed by atoms with Crippen molar-refractivity contribution in [1.82, 2.24) is 9.88 Å². The summed E-state index contributed by atoms with van der Waals surface area (Å²) in [4.78, 5) is 8.08. The molecule has 3 rings (SSSR count). The first-order chi connectivity index (χ1) is 11.8. The molecule has 0 N–H and O–H groups in total. The molecule has 0 saturated carbocycles. The number of halogens is 5. The summed E-state index contributed by atoms with van der Waals surface area (Å²) in [6, 6.07) is 8.62. The molecule has 134 valence electrons. The van der Waals surface area contributed by atoms with Gasteiger partial charge in [-0.05, 0) is 17.7 Å². The van der Waals surface area contributed by atoms with Gasteiger partial charge in [0, 0.05) is 43.9 Å². The number of hydrogen-bond donors (Lipinski definition) is 0. The van der Waals surface area contributed by atoms with Crippen LogP contribution in [0.5, 0.6) is 0 Å². The van der Waals surface area contributed by atoms with Crippen LogP contribution in [0.15, 0.2) is 36.5 Å². The average Bonchev–Trinajstić information content (AvgIpc) is 2.57. The molecule has 1 aromatic heterocycles. The molecule has 1 saturated heterocycles. The Kier molecular flexibility index (Phi) is 5.41. The van der Waals surface area contributed by atoms with E-state index in [1.807, 2.05) is 29.2 Å². The highest BCUT2D eigenvalue weighted by molar-refractivity contribution is 6.33. The number of anilines is 1. The third kappa shape index (κ3) is 4.37. The lowest BCUT2D eigenvalue weighted by Crippen LogP contribution is -2.46. The lowest BCUT2D eigenvalue weighted by Gasteiger charge is -2.36. The zero-order valence-electron chi connectivity index (χ0n) is 13.2. The number of hydrogen-bond acceptors (Lipinski definition) is 3. The van der Waals surface area contributed by atoms with Crippen LogP contribution < -0.4 is 4.90 Å². The molecule has 1 aliphatic rings. The second kappa shape index (κ2) is 7.40. The number of piperazine rings is 1. The predicted molar refractivity (Wildman–Crippen MR) is 93.2 cm³/mol. The summed E-state index contributed by atoms with van der Waals surface area (Å²) in [6.07, 6.45) is -3.61. The average molecular weight is 390 g/mol. The highest BCUT2D eigenvalue weighted by Gasteiger charge is 2.32. The van der Waals surface area contributed by atoms with E-state index in [1.165, 1.54) is 0 Å². The maximum atomic E-state index is 12.7. The zero-order valence-corrected chi connectivity index (χ0v) is 14.7. The van der Waals surface area contributed by atoms with Gasteiger partial charge in [-0.25, -0.2) is 4.98 Å². The Balaban J connectivity index is 1.64. The fourth-order valence-corrected chi connectivity index (χ4v) is 3.29. The molecule has 0 radical (unpaired) electrons. The monoisotopic (exact) mass is 389 g/mol. The third-order valence-corrected chi connectivity index (χ3v) is 4.82. The van der Waals surface area contributed by atoms with E-state index in [2.05, 4.69) is 9.88 Å². The lowest BCUT2D eigenvalue weighted by atomic mass is 10.2. The molecule has 1 aromatic carbocycles. The Morgan fingerprint density at radius 3 is 2.28 bits per heavy atom. The Labute approximate surface area is 154 Å². The molecule has 0 bridgehead atoms. The molecule has 0 atom stereocenters. The van der Waals surface area contributed by atoms with E-state index in [1.54, 1.807) is 0 Å². The second-order valence-electron chi connectivity index (χ2n) is 5.88. The Morgan fingerprint density at radius 1 is 1.00 bits per heavy atom. The molecule has 8 heteroatoms. The minimum Gasteiger partial charge on any atom is -0.353 e. The highest BCUT2D eigenvalue weighted by atomic mass is 35.5. The normalized spacial score (nSPS) is 16.3. The van der Waals surface area contributed by atoms with E-state index in [-0.39, 0.29) is 5.02 Å². The fourth-order valence-electron chi connectivity index (χ4n) is 2.80. The van der Waals surface area contributed by atoms with Gasteiger partial charge in [0.25, 0.3) is 0 Å². The van der Waals surface area contributed by atoms with Crippen LogP contribution in [-0.2, 0) is 12.7 Å². The number of aromatic nitrogens is 1. The van der Waals surface area contributed by atoms with Gasteiger partial charge in [-0.15, -0.1) is 0 Å². The molecular weight excluding hydrogens is 374 g/mol. The third-order valence-electron chi connectivity index (χ3n) is 4.17. The van der Waals surface area contributed by atoms with Crippen LogP contribution in [0.25, 0.3) is 0 Å². The van der Waals surface area contributed by atoms with E-state index in [9.17, 15) is 13.2 Å². The molecule has 25 heavy (non-hydrogen) atoms. The largest absolute Gasteiger partial charge is 0.417 e. The topological polar surface area (TPSA) is 19.4 Å². The van der Waals surface area contributed by atoms with Gasteiger partial charge >= 0.3 is 6.18 Å². The first kappa shape index (κ1) is 18.3. The maximum absolute atomic E-state index is 12.7. The minimum absolute atomic E-state index is 0.0226.